The van der Waals surface area contributed by atoms with Crippen molar-refractivity contribution in [3.05, 3.63) is 101 Å². The van der Waals surface area contributed by atoms with Crippen LogP contribution in [-0.4, -0.2) is 22.9 Å². The summed E-state index contributed by atoms with van der Waals surface area (Å²) in [5, 5.41) is 11.2. The quantitative estimate of drug-likeness (QED) is 0.252. The molecule has 0 aliphatic carbocycles. The summed E-state index contributed by atoms with van der Waals surface area (Å²) < 4.78 is 19.2. The van der Waals surface area contributed by atoms with E-state index in [1.807, 2.05) is 38.1 Å². The molecule has 3 aromatic rings. The largest absolute Gasteiger partial charge is 0.507 e. The molecule has 1 amide bonds. The van der Waals surface area contributed by atoms with Crippen LogP contribution in [-0.2, 0) is 15.0 Å². The third-order valence-electron chi connectivity index (χ3n) is 6.14. The summed E-state index contributed by atoms with van der Waals surface area (Å²) in [6.45, 7) is 10.1. The van der Waals surface area contributed by atoms with E-state index in [0.29, 0.717) is 17.0 Å². The van der Waals surface area contributed by atoms with Crippen LogP contribution in [0.4, 0.5) is 10.1 Å². The average Bonchev–Trinajstić information content (AvgIpc) is 3.09. The van der Waals surface area contributed by atoms with Crippen LogP contribution in [0.2, 0.25) is 0 Å². The molecule has 1 saturated heterocycles. The Morgan fingerprint density at radius 3 is 2.03 bits per heavy atom. The minimum absolute atomic E-state index is 0.0127. The summed E-state index contributed by atoms with van der Waals surface area (Å²) in [4.78, 5) is 28.0. The molecule has 1 fully saturated rings. The first kappa shape index (κ1) is 25.2. The van der Waals surface area contributed by atoms with Gasteiger partial charge in [-0.15, -0.1) is 0 Å². The standard InChI is InChI=1S/C30H30FNO4/c1-18(2)36-24-16-8-19(9-17-24)26-25(27(33)20-6-12-22(31)13-7-20)28(34)29(35)32(26)23-14-10-21(11-15-23)30(3,4)5/h6-18,26,33H,1-5H3/b27-25+. The van der Waals surface area contributed by atoms with Crippen LogP contribution in [0.3, 0.4) is 0 Å². The monoisotopic (exact) mass is 487 g/mol. The lowest BCUT2D eigenvalue weighted by Gasteiger charge is -2.27. The van der Waals surface area contributed by atoms with Crippen LogP contribution in [0.5, 0.6) is 5.75 Å². The molecule has 6 heteroatoms. The van der Waals surface area contributed by atoms with Gasteiger partial charge in [0.1, 0.15) is 17.3 Å². The molecule has 0 spiro atoms. The smallest absolute Gasteiger partial charge is 0.300 e. The number of halogens is 1. The van der Waals surface area contributed by atoms with Crippen molar-refractivity contribution in [2.75, 3.05) is 4.90 Å². The number of rotatable bonds is 5. The van der Waals surface area contributed by atoms with Crippen molar-refractivity contribution in [2.24, 2.45) is 0 Å². The second-order valence-corrected chi connectivity index (χ2v) is 10.2. The van der Waals surface area contributed by atoms with Gasteiger partial charge in [0.15, 0.2) is 0 Å². The van der Waals surface area contributed by atoms with Gasteiger partial charge >= 0.3 is 0 Å². The van der Waals surface area contributed by atoms with E-state index in [0.717, 1.165) is 5.56 Å². The van der Waals surface area contributed by atoms with Gasteiger partial charge in [0.05, 0.1) is 17.7 Å². The van der Waals surface area contributed by atoms with Crippen LogP contribution < -0.4 is 9.64 Å². The van der Waals surface area contributed by atoms with E-state index in [1.54, 1.807) is 24.3 Å². The molecule has 4 rings (SSSR count). The molecule has 186 valence electrons. The molecule has 1 aliphatic heterocycles. The summed E-state index contributed by atoms with van der Waals surface area (Å²) in [6, 6.07) is 18.9. The van der Waals surface area contributed by atoms with Crippen molar-refractivity contribution in [1.29, 1.82) is 0 Å². The first-order valence-corrected chi connectivity index (χ1v) is 11.9. The molecule has 0 bridgehead atoms. The predicted molar refractivity (Wildman–Crippen MR) is 139 cm³/mol. The van der Waals surface area contributed by atoms with Crippen molar-refractivity contribution in [1.82, 2.24) is 0 Å². The van der Waals surface area contributed by atoms with E-state index in [2.05, 4.69) is 20.8 Å². The van der Waals surface area contributed by atoms with Crippen LogP contribution in [0.15, 0.2) is 78.4 Å². The van der Waals surface area contributed by atoms with Gasteiger partial charge in [-0.05, 0) is 78.9 Å². The number of carbonyl (C=O) groups excluding carboxylic acids is 2. The number of ketones is 1. The van der Waals surface area contributed by atoms with Crippen LogP contribution in [0.25, 0.3) is 5.76 Å². The van der Waals surface area contributed by atoms with Gasteiger partial charge in [-0.1, -0.05) is 45.0 Å². The number of amides is 1. The number of aliphatic hydroxyl groups excluding tert-OH is 1. The zero-order valence-electron chi connectivity index (χ0n) is 21.1. The molecule has 1 aliphatic rings. The second kappa shape index (κ2) is 9.61. The number of ether oxygens (including phenoxy) is 1. The molecule has 36 heavy (non-hydrogen) atoms. The topological polar surface area (TPSA) is 66.8 Å². The summed E-state index contributed by atoms with van der Waals surface area (Å²) in [5.41, 5.74) is 2.37. The number of anilines is 1. The Morgan fingerprint density at radius 2 is 1.50 bits per heavy atom. The number of hydrogen-bond donors (Lipinski definition) is 1. The Morgan fingerprint density at radius 1 is 0.917 bits per heavy atom. The third kappa shape index (κ3) is 4.89. The van der Waals surface area contributed by atoms with E-state index in [1.165, 1.54) is 29.2 Å². The number of nitrogens with zero attached hydrogens (tertiary/aromatic N) is 1. The van der Waals surface area contributed by atoms with Gasteiger partial charge in [0, 0.05) is 11.3 Å². The van der Waals surface area contributed by atoms with Crippen LogP contribution >= 0.6 is 0 Å². The van der Waals surface area contributed by atoms with E-state index >= 15 is 0 Å². The van der Waals surface area contributed by atoms with Crippen molar-refractivity contribution >= 4 is 23.1 Å². The van der Waals surface area contributed by atoms with Gasteiger partial charge in [-0.2, -0.15) is 0 Å². The summed E-state index contributed by atoms with van der Waals surface area (Å²) in [7, 11) is 0. The van der Waals surface area contributed by atoms with Crippen molar-refractivity contribution < 1.29 is 23.8 Å². The van der Waals surface area contributed by atoms with Crippen molar-refractivity contribution in [2.45, 2.75) is 52.2 Å². The average molecular weight is 488 g/mol. The molecule has 1 atom stereocenters. The van der Waals surface area contributed by atoms with E-state index in [4.69, 9.17) is 4.74 Å². The Balaban J connectivity index is 1.86. The maximum absolute atomic E-state index is 13.5. The van der Waals surface area contributed by atoms with Crippen LogP contribution in [0, 0.1) is 5.82 Å². The first-order valence-electron chi connectivity index (χ1n) is 11.9. The van der Waals surface area contributed by atoms with Crippen molar-refractivity contribution in [3.63, 3.8) is 0 Å². The van der Waals surface area contributed by atoms with Gasteiger partial charge in [0.2, 0.25) is 0 Å². The highest BCUT2D eigenvalue weighted by molar-refractivity contribution is 6.51. The zero-order chi connectivity index (χ0) is 26.2. The highest BCUT2D eigenvalue weighted by atomic mass is 19.1. The number of hydrogen-bond acceptors (Lipinski definition) is 4. The molecule has 0 saturated carbocycles. The number of benzene rings is 3. The number of aliphatic hydroxyl groups is 1. The predicted octanol–water partition coefficient (Wildman–Crippen LogP) is 6.54. The van der Waals surface area contributed by atoms with Gasteiger partial charge in [-0.3, -0.25) is 14.5 Å². The normalized spacial score (nSPS) is 17.6. The molecule has 0 aromatic heterocycles. The molecular weight excluding hydrogens is 457 g/mol. The number of carbonyl (C=O) groups is 2. The molecule has 3 aromatic carbocycles. The summed E-state index contributed by atoms with van der Waals surface area (Å²) >= 11 is 0. The lowest BCUT2D eigenvalue weighted by Crippen LogP contribution is -2.29. The fourth-order valence-corrected chi connectivity index (χ4v) is 4.30. The number of Topliss-reactive ketones (excluding diaryl/α,β-unsaturated/α-hetero) is 1. The Bertz CT molecular complexity index is 1300. The van der Waals surface area contributed by atoms with E-state index in [9.17, 15) is 19.1 Å². The molecule has 1 N–H and O–H groups in total. The lowest BCUT2D eigenvalue weighted by molar-refractivity contribution is -0.132. The highest BCUT2D eigenvalue weighted by Crippen LogP contribution is 2.43. The third-order valence-corrected chi connectivity index (χ3v) is 6.14. The summed E-state index contributed by atoms with van der Waals surface area (Å²) in [6.07, 6.45) is -0.0127. The fourth-order valence-electron chi connectivity index (χ4n) is 4.30. The van der Waals surface area contributed by atoms with E-state index < -0.39 is 23.5 Å². The Labute approximate surface area is 210 Å². The lowest BCUT2D eigenvalue weighted by atomic mass is 9.87. The Kier molecular flexibility index (Phi) is 6.72. The minimum atomic E-state index is -0.872. The fraction of sp³-hybridized carbons (Fsp3) is 0.267. The second-order valence-electron chi connectivity index (χ2n) is 10.2. The van der Waals surface area contributed by atoms with E-state index in [-0.39, 0.29) is 28.4 Å². The van der Waals surface area contributed by atoms with Crippen LogP contribution in [0.1, 0.15) is 57.4 Å². The maximum Gasteiger partial charge on any atom is 0.300 e. The van der Waals surface area contributed by atoms with Crippen molar-refractivity contribution in [3.8, 4) is 5.75 Å². The summed E-state index contributed by atoms with van der Waals surface area (Å²) in [5.74, 6) is -1.71. The maximum atomic E-state index is 13.5. The Hall–Kier alpha value is -3.93. The van der Waals surface area contributed by atoms with Gasteiger partial charge in [0.25, 0.3) is 11.7 Å². The highest BCUT2D eigenvalue weighted by Gasteiger charge is 2.47. The van der Waals surface area contributed by atoms with Gasteiger partial charge < -0.3 is 9.84 Å². The molecule has 1 unspecified atom stereocenters. The zero-order valence-corrected chi connectivity index (χ0v) is 21.1. The first-order chi connectivity index (χ1) is 17.0. The molecule has 0 radical (unpaired) electrons. The minimum Gasteiger partial charge on any atom is -0.507 e. The van der Waals surface area contributed by atoms with Gasteiger partial charge in [-0.25, -0.2) is 4.39 Å². The molecular formula is C30H30FNO4. The molecule has 5 nitrogen and oxygen atoms in total. The molecule has 1 heterocycles. The SMILES string of the molecule is CC(C)Oc1ccc(C2/C(=C(\O)c3ccc(F)cc3)C(=O)C(=O)N2c2ccc(C(C)(C)C)cc2)cc1.